The number of amidine groups is 1. The van der Waals surface area contributed by atoms with Crippen molar-refractivity contribution in [2.75, 3.05) is 6.61 Å². The lowest BCUT2D eigenvalue weighted by Crippen LogP contribution is -2.64. The minimum absolute atomic E-state index is 0.181. The van der Waals surface area contributed by atoms with E-state index in [1.807, 2.05) is 0 Å². The Morgan fingerprint density at radius 3 is 2.16 bits per heavy atom. The molecule has 9 nitrogen and oxygen atoms in total. The second-order valence-corrected chi connectivity index (χ2v) is 7.16. The van der Waals surface area contributed by atoms with Crippen molar-refractivity contribution in [2.45, 2.75) is 57.9 Å². The lowest BCUT2D eigenvalue weighted by atomic mass is 9.85. The zero-order chi connectivity index (χ0) is 19.4. The zero-order valence-electron chi connectivity index (χ0n) is 14.9. The molecule has 1 aliphatic heterocycles. The van der Waals surface area contributed by atoms with Crippen molar-refractivity contribution in [3.8, 4) is 0 Å². The summed E-state index contributed by atoms with van der Waals surface area (Å²) in [6.45, 7) is 6.79. The average molecular weight is 376 g/mol. The van der Waals surface area contributed by atoms with Crippen LogP contribution in [-0.4, -0.2) is 52.9 Å². The van der Waals surface area contributed by atoms with Gasteiger partial charge in [0.1, 0.15) is 23.7 Å². The number of carbonyl (C=O) groups is 3. The first kappa shape index (κ1) is 21.2. The third-order valence-corrected chi connectivity index (χ3v) is 4.65. The van der Waals surface area contributed by atoms with Gasteiger partial charge < -0.3 is 24.7 Å². The van der Waals surface area contributed by atoms with Gasteiger partial charge in [0, 0.05) is 26.7 Å². The van der Waals surface area contributed by atoms with Crippen LogP contribution >= 0.6 is 11.8 Å². The molecule has 3 N–H and O–H groups in total. The summed E-state index contributed by atoms with van der Waals surface area (Å²) >= 11 is 0.938. The molecule has 1 saturated heterocycles. The molecule has 1 fully saturated rings. The predicted octanol–water partition coefficient (Wildman–Crippen LogP) is 0.791. The Morgan fingerprint density at radius 2 is 1.72 bits per heavy atom. The molecule has 0 aromatic heterocycles. The van der Waals surface area contributed by atoms with Gasteiger partial charge in [-0.05, 0) is 6.92 Å². The molecule has 142 valence electrons. The molecule has 0 radical (unpaired) electrons. The maximum Gasteiger partial charge on any atom is 0.303 e. The molecule has 0 aromatic carbocycles. The fraction of sp³-hybridized carbons (Fsp3) is 0.733. The van der Waals surface area contributed by atoms with Crippen molar-refractivity contribution in [1.29, 1.82) is 5.41 Å². The SMILES string of the molecule is CC(=O)OCC1(C)O[C@@H](SC(=N)N)C(C)[C@@H](OC(C)=O)[C@H]1OC(C)=O. The first-order valence-electron chi connectivity index (χ1n) is 7.62. The van der Waals surface area contributed by atoms with Crippen LogP contribution in [-0.2, 0) is 33.3 Å². The van der Waals surface area contributed by atoms with Crippen molar-refractivity contribution in [2.24, 2.45) is 11.7 Å². The molecule has 0 spiro atoms. The van der Waals surface area contributed by atoms with Gasteiger partial charge in [-0.3, -0.25) is 19.8 Å². The van der Waals surface area contributed by atoms with Crippen LogP contribution in [0.15, 0.2) is 0 Å². The summed E-state index contributed by atoms with van der Waals surface area (Å²) in [6, 6.07) is 0. The third kappa shape index (κ3) is 5.89. The summed E-state index contributed by atoms with van der Waals surface area (Å²) in [4.78, 5) is 34.3. The van der Waals surface area contributed by atoms with Gasteiger partial charge in [0.15, 0.2) is 11.3 Å². The van der Waals surface area contributed by atoms with E-state index in [1.165, 1.54) is 20.8 Å². The van der Waals surface area contributed by atoms with Crippen molar-refractivity contribution in [1.82, 2.24) is 0 Å². The Balaban J connectivity index is 3.24. The van der Waals surface area contributed by atoms with E-state index in [0.717, 1.165) is 11.8 Å². The molecule has 1 aliphatic rings. The molecule has 10 heteroatoms. The number of nitrogens with one attached hydrogen (secondary N) is 1. The van der Waals surface area contributed by atoms with E-state index in [4.69, 9.17) is 30.1 Å². The maximum atomic E-state index is 11.5. The number of esters is 3. The van der Waals surface area contributed by atoms with Crippen LogP contribution in [0.25, 0.3) is 0 Å². The third-order valence-electron chi connectivity index (χ3n) is 3.63. The maximum absolute atomic E-state index is 11.5. The monoisotopic (exact) mass is 376 g/mol. The van der Waals surface area contributed by atoms with Gasteiger partial charge >= 0.3 is 17.9 Å². The first-order valence-corrected chi connectivity index (χ1v) is 8.50. The van der Waals surface area contributed by atoms with E-state index in [2.05, 4.69) is 0 Å². The van der Waals surface area contributed by atoms with Crippen LogP contribution in [0.3, 0.4) is 0 Å². The quantitative estimate of drug-likeness (QED) is 0.308. The summed E-state index contributed by atoms with van der Waals surface area (Å²) in [7, 11) is 0. The van der Waals surface area contributed by atoms with Gasteiger partial charge in [0.05, 0.1) is 0 Å². The van der Waals surface area contributed by atoms with Gasteiger partial charge in [0.25, 0.3) is 0 Å². The molecule has 2 unspecified atom stereocenters. The van der Waals surface area contributed by atoms with Crippen LogP contribution in [0, 0.1) is 11.3 Å². The number of carbonyl (C=O) groups excluding carboxylic acids is 3. The molecule has 0 bridgehead atoms. The highest BCUT2D eigenvalue weighted by Crippen LogP contribution is 2.41. The van der Waals surface area contributed by atoms with Gasteiger partial charge in [-0.2, -0.15) is 0 Å². The van der Waals surface area contributed by atoms with Crippen LogP contribution in [0.4, 0.5) is 0 Å². The Bertz CT molecular complexity index is 556. The van der Waals surface area contributed by atoms with Gasteiger partial charge in [-0.15, -0.1) is 0 Å². The van der Waals surface area contributed by atoms with E-state index in [-0.39, 0.29) is 11.8 Å². The normalized spacial score (nSPS) is 31.7. The van der Waals surface area contributed by atoms with Crippen LogP contribution in [0.5, 0.6) is 0 Å². The molecule has 0 saturated carbocycles. The van der Waals surface area contributed by atoms with E-state index in [0.29, 0.717) is 0 Å². The lowest BCUT2D eigenvalue weighted by molar-refractivity contribution is -0.250. The minimum Gasteiger partial charge on any atom is -0.463 e. The largest absolute Gasteiger partial charge is 0.463 e. The molecular formula is C15H24N2O7S. The zero-order valence-corrected chi connectivity index (χ0v) is 15.7. The van der Waals surface area contributed by atoms with E-state index >= 15 is 0 Å². The van der Waals surface area contributed by atoms with Crippen molar-refractivity contribution >= 4 is 34.8 Å². The van der Waals surface area contributed by atoms with Crippen molar-refractivity contribution in [3.63, 3.8) is 0 Å². The highest BCUT2D eigenvalue weighted by atomic mass is 32.2. The van der Waals surface area contributed by atoms with Crippen molar-refractivity contribution < 1.29 is 33.3 Å². The number of nitrogens with two attached hydrogens (primary N) is 1. The number of thioether (sulfide) groups is 1. The minimum atomic E-state index is -1.28. The van der Waals surface area contributed by atoms with Crippen LogP contribution < -0.4 is 5.73 Å². The molecule has 5 atom stereocenters. The topological polar surface area (TPSA) is 138 Å². The Kier molecular flexibility index (Phi) is 7.24. The van der Waals surface area contributed by atoms with Gasteiger partial charge in [-0.25, -0.2) is 0 Å². The van der Waals surface area contributed by atoms with E-state index in [9.17, 15) is 14.4 Å². The molecule has 0 aromatic rings. The van der Waals surface area contributed by atoms with Crippen LogP contribution in [0.1, 0.15) is 34.6 Å². The summed E-state index contributed by atoms with van der Waals surface area (Å²) in [5.74, 6) is -2.13. The second kappa shape index (κ2) is 8.52. The van der Waals surface area contributed by atoms with Crippen molar-refractivity contribution in [3.05, 3.63) is 0 Å². The Morgan fingerprint density at radius 1 is 1.16 bits per heavy atom. The van der Waals surface area contributed by atoms with E-state index < -0.39 is 47.1 Å². The Hall–Kier alpha value is -1.81. The lowest BCUT2D eigenvalue weighted by Gasteiger charge is -2.49. The molecule has 1 rings (SSSR count). The predicted molar refractivity (Wildman–Crippen MR) is 89.7 cm³/mol. The summed E-state index contributed by atoms with van der Waals surface area (Å²) in [5.41, 5.74) is 3.51. The first-order chi connectivity index (χ1) is 11.5. The number of hydrogen-bond donors (Lipinski definition) is 2. The van der Waals surface area contributed by atoms with Crippen LogP contribution in [0.2, 0.25) is 0 Å². The highest BCUT2D eigenvalue weighted by molar-refractivity contribution is 8.14. The Labute approximate surface area is 150 Å². The number of ether oxygens (including phenoxy) is 4. The molecule has 25 heavy (non-hydrogen) atoms. The highest BCUT2D eigenvalue weighted by Gasteiger charge is 2.55. The van der Waals surface area contributed by atoms with E-state index in [1.54, 1.807) is 13.8 Å². The summed E-state index contributed by atoms with van der Waals surface area (Å²) in [5, 5.41) is 7.29. The second-order valence-electron chi connectivity index (χ2n) is 6.02. The fourth-order valence-corrected chi connectivity index (χ4v) is 3.45. The fourth-order valence-electron chi connectivity index (χ4n) is 2.57. The molecule has 1 heterocycles. The molecule has 0 aliphatic carbocycles. The smallest absolute Gasteiger partial charge is 0.303 e. The average Bonchev–Trinajstić information content (AvgIpc) is 2.45. The summed E-state index contributed by atoms with van der Waals surface area (Å²) in [6.07, 6.45) is -1.85. The van der Waals surface area contributed by atoms with Gasteiger partial charge in [0.2, 0.25) is 0 Å². The number of rotatable bonds is 5. The summed E-state index contributed by atoms with van der Waals surface area (Å²) < 4.78 is 21.7. The standard InChI is InChI=1S/C15H24N2O7S/c1-7-11(22-9(3)19)12(23-10(4)20)15(5,6-21-8(2)18)24-13(7)25-14(16)17/h7,11-13H,6H2,1-5H3,(H3,16,17)/t7?,11-,12-,13+,15?/m1/s1. The molecular weight excluding hydrogens is 352 g/mol. The molecule has 0 amide bonds. The van der Waals surface area contributed by atoms with Gasteiger partial charge in [-0.1, -0.05) is 18.7 Å². The number of hydrogen-bond acceptors (Lipinski definition) is 9.